The van der Waals surface area contributed by atoms with Crippen LogP contribution >= 0.6 is 0 Å². The van der Waals surface area contributed by atoms with E-state index in [-0.39, 0.29) is 5.41 Å². The van der Waals surface area contributed by atoms with E-state index in [0.29, 0.717) is 0 Å². The Morgan fingerprint density at radius 1 is 0.880 bits per heavy atom. The van der Waals surface area contributed by atoms with Crippen LogP contribution < -0.4 is 0 Å². The molecule has 3 heterocycles. The number of benzene rings is 1. The Bertz CT molecular complexity index is 1120. The first-order valence-electron chi connectivity index (χ1n) is 9.06. The second-order valence-corrected chi connectivity index (χ2v) is 8.47. The first-order chi connectivity index (χ1) is 11.8. The van der Waals surface area contributed by atoms with Crippen LogP contribution in [0, 0.1) is 26.2 Å². The summed E-state index contributed by atoms with van der Waals surface area (Å²) < 4.78 is 2.45. The average Bonchev–Trinajstić information content (AvgIpc) is 2.78. The van der Waals surface area contributed by atoms with Gasteiger partial charge >= 0.3 is 0 Å². The van der Waals surface area contributed by atoms with Crippen molar-refractivity contribution >= 4 is 27.3 Å². The van der Waals surface area contributed by atoms with Gasteiger partial charge in [-0.05, 0) is 55.4 Å². The fraction of sp³-hybridized carbons (Fsp3) is 0.348. The standard InChI is InChI=1S/C23H26N2/c1-14-15(2)21-19-10-8-7-9-18(19)20-22(25(21)16(14)3)17(11-12-24-20)13-23(4,5)6/h7-12H,13H2,1-6H3. The predicted octanol–water partition coefficient (Wildman–Crippen LogP) is 6.15. The van der Waals surface area contributed by atoms with Gasteiger partial charge in [-0.15, -0.1) is 0 Å². The summed E-state index contributed by atoms with van der Waals surface area (Å²) in [6.07, 6.45) is 3.01. The monoisotopic (exact) mass is 330 g/mol. The molecule has 2 heteroatoms. The van der Waals surface area contributed by atoms with E-state index in [2.05, 4.69) is 76.3 Å². The van der Waals surface area contributed by atoms with Crippen molar-refractivity contribution < 1.29 is 0 Å². The van der Waals surface area contributed by atoms with Gasteiger partial charge in [0.05, 0.1) is 16.6 Å². The molecule has 0 N–H and O–H groups in total. The highest BCUT2D eigenvalue weighted by Crippen LogP contribution is 2.36. The minimum absolute atomic E-state index is 0.234. The summed E-state index contributed by atoms with van der Waals surface area (Å²) in [4.78, 5) is 4.81. The summed E-state index contributed by atoms with van der Waals surface area (Å²) in [7, 11) is 0. The third kappa shape index (κ3) is 2.35. The Morgan fingerprint density at radius 2 is 1.56 bits per heavy atom. The molecule has 0 saturated carbocycles. The zero-order valence-corrected chi connectivity index (χ0v) is 16.1. The molecule has 3 aromatic heterocycles. The van der Waals surface area contributed by atoms with Gasteiger partial charge in [-0.2, -0.15) is 0 Å². The van der Waals surface area contributed by atoms with E-state index >= 15 is 0 Å². The molecule has 0 spiro atoms. The Hall–Kier alpha value is -2.35. The van der Waals surface area contributed by atoms with E-state index in [1.165, 1.54) is 44.2 Å². The van der Waals surface area contributed by atoms with Gasteiger partial charge in [-0.3, -0.25) is 4.98 Å². The van der Waals surface area contributed by atoms with Gasteiger partial charge in [0.2, 0.25) is 0 Å². The van der Waals surface area contributed by atoms with Gasteiger partial charge in [-0.25, -0.2) is 0 Å². The van der Waals surface area contributed by atoms with Gasteiger partial charge in [0.1, 0.15) is 0 Å². The van der Waals surface area contributed by atoms with E-state index in [1.807, 2.05) is 6.20 Å². The number of hydrogen-bond donors (Lipinski definition) is 0. The lowest BCUT2D eigenvalue weighted by atomic mass is 9.87. The van der Waals surface area contributed by atoms with Crippen LogP contribution in [0.2, 0.25) is 0 Å². The van der Waals surface area contributed by atoms with E-state index < -0.39 is 0 Å². The fourth-order valence-electron chi connectivity index (χ4n) is 4.10. The number of nitrogens with zero attached hydrogens (tertiary/aromatic N) is 2. The second-order valence-electron chi connectivity index (χ2n) is 8.47. The first-order valence-corrected chi connectivity index (χ1v) is 9.06. The lowest BCUT2D eigenvalue weighted by Gasteiger charge is -2.21. The van der Waals surface area contributed by atoms with Crippen LogP contribution in [0.25, 0.3) is 27.3 Å². The Labute approximate surface area is 149 Å². The van der Waals surface area contributed by atoms with Crippen LogP contribution in [0.5, 0.6) is 0 Å². The Morgan fingerprint density at radius 3 is 2.24 bits per heavy atom. The van der Waals surface area contributed by atoms with Crippen molar-refractivity contribution in [2.75, 3.05) is 0 Å². The summed E-state index contributed by atoms with van der Waals surface area (Å²) in [6.45, 7) is 13.6. The van der Waals surface area contributed by atoms with Crippen LogP contribution in [0.15, 0.2) is 36.5 Å². The minimum atomic E-state index is 0.234. The first kappa shape index (κ1) is 16.1. The predicted molar refractivity (Wildman–Crippen MR) is 108 cm³/mol. The zero-order valence-electron chi connectivity index (χ0n) is 16.1. The molecule has 0 amide bonds. The third-order valence-corrected chi connectivity index (χ3v) is 5.41. The highest BCUT2D eigenvalue weighted by atomic mass is 14.9. The van der Waals surface area contributed by atoms with Gasteiger partial charge in [0, 0.05) is 22.7 Å². The molecule has 0 aliphatic carbocycles. The number of aromatic nitrogens is 2. The van der Waals surface area contributed by atoms with Crippen LogP contribution in [0.1, 0.15) is 43.2 Å². The number of fused-ring (bicyclic) bond motifs is 6. The molecule has 0 bridgehead atoms. The van der Waals surface area contributed by atoms with Gasteiger partial charge in [-0.1, -0.05) is 45.0 Å². The quantitative estimate of drug-likeness (QED) is 0.382. The van der Waals surface area contributed by atoms with Crippen LogP contribution in [0.3, 0.4) is 0 Å². The molecule has 4 aromatic rings. The molecule has 0 radical (unpaired) electrons. The number of hydrogen-bond acceptors (Lipinski definition) is 1. The molecule has 25 heavy (non-hydrogen) atoms. The lowest BCUT2D eigenvalue weighted by Crippen LogP contribution is -2.11. The summed E-state index contributed by atoms with van der Waals surface area (Å²) >= 11 is 0. The summed E-state index contributed by atoms with van der Waals surface area (Å²) in [5, 5.41) is 2.55. The highest BCUT2D eigenvalue weighted by Gasteiger charge is 2.20. The molecule has 2 nitrogen and oxygen atoms in total. The number of pyridine rings is 2. The maximum Gasteiger partial charge on any atom is 0.0951 e. The normalized spacial score (nSPS) is 12.6. The molecular weight excluding hydrogens is 304 g/mol. The lowest BCUT2D eigenvalue weighted by molar-refractivity contribution is 0.412. The molecule has 0 unspecified atom stereocenters. The van der Waals surface area contributed by atoms with Crippen LogP contribution in [-0.4, -0.2) is 9.38 Å². The van der Waals surface area contributed by atoms with E-state index in [0.717, 1.165) is 11.9 Å². The second kappa shape index (κ2) is 5.32. The maximum atomic E-state index is 4.81. The topological polar surface area (TPSA) is 17.3 Å². The SMILES string of the molecule is Cc1c(C)c2c3ccccc3c3nccc(CC(C)(C)C)c3n2c1C. The summed E-state index contributed by atoms with van der Waals surface area (Å²) in [5.74, 6) is 0. The molecule has 128 valence electrons. The van der Waals surface area contributed by atoms with Crippen LogP contribution in [0.4, 0.5) is 0 Å². The molecule has 0 aliphatic heterocycles. The molecule has 0 atom stereocenters. The van der Waals surface area contributed by atoms with Crippen molar-refractivity contribution in [3.63, 3.8) is 0 Å². The minimum Gasteiger partial charge on any atom is -0.311 e. The van der Waals surface area contributed by atoms with E-state index in [4.69, 9.17) is 4.98 Å². The smallest absolute Gasteiger partial charge is 0.0951 e. The molecule has 4 rings (SSSR count). The zero-order chi connectivity index (χ0) is 17.9. The average molecular weight is 330 g/mol. The van der Waals surface area contributed by atoms with Crippen molar-refractivity contribution in [3.8, 4) is 0 Å². The number of rotatable bonds is 1. The summed E-state index contributed by atoms with van der Waals surface area (Å²) in [5.41, 5.74) is 9.42. The van der Waals surface area contributed by atoms with Crippen molar-refractivity contribution in [3.05, 3.63) is 58.9 Å². The van der Waals surface area contributed by atoms with Crippen molar-refractivity contribution in [2.24, 2.45) is 5.41 Å². The fourth-order valence-corrected chi connectivity index (χ4v) is 4.10. The highest BCUT2D eigenvalue weighted by molar-refractivity contribution is 6.12. The van der Waals surface area contributed by atoms with Crippen molar-refractivity contribution in [1.29, 1.82) is 0 Å². The largest absolute Gasteiger partial charge is 0.311 e. The van der Waals surface area contributed by atoms with Crippen molar-refractivity contribution in [1.82, 2.24) is 9.38 Å². The van der Waals surface area contributed by atoms with Gasteiger partial charge in [0.15, 0.2) is 0 Å². The Balaban J connectivity index is 2.32. The molecular formula is C23H26N2. The van der Waals surface area contributed by atoms with E-state index in [1.54, 1.807) is 0 Å². The Kier molecular flexibility index (Phi) is 3.44. The van der Waals surface area contributed by atoms with Gasteiger partial charge in [0.25, 0.3) is 0 Å². The molecule has 1 aromatic carbocycles. The molecule has 0 aliphatic rings. The number of aryl methyl sites for hydroxylation is 2. The van der Waals surface area contributed by atoms with Gasteiger partial charge < -0.3 is 4.40 Å². The van der Waals surface area contributed by atoms with Crippen LogP contribution in [-0.2, 0) is 6.42 Å². The molecule has 0 saturated heterocycles. The molecule has 0 fully saturated rings. The summed E-state index contributed by atoms with van der Waals surface area (Å²) in [6, 6.07) is 10.9. The van der Waals surface area contributed by atoms with E-state index in [9.17, 15) is 0 Å². The third-order valence-electron chi connectivity index (χ3n) is 5.41. The van der Waals surface area contributed by atoms with Crippen molar-refractivity contribution in [2.45, 2.75) is 48.0 Å². The maximum absolute atomic E-state index is 4.81.